The van der Waals surface area contributed by atoms with Crippen molar-refractivity contribution in [1.29, 1.82) is 0 Å². The predicted octanol–water partition coefficient (Wildman–Crippen LogP) is 4.98. The van der Waals surface area contributed by atoms with E-state index in [9.17, 15) is 10.1 Å². The molecule has 0 unspecified atom stereocenters. The molecule has 0 amide bonds. The number of hydrogen-bond donors (Lipinski definition) is 0. The number of hydrogen-bond acceptors (Lipinski definition) is 5. The van der Waals surface area contributed by atoms with Crippen LogP contribution in [0.3, 0.4) is 0 Å². The summed E-state index contributed by atoms with van der Waals surface area (Å²) in [6, 6.07) is 15.9. The smallest absolute Gasteiger partial charge is 0.290 e. The number of aryl methyl sites for hydroxylation is 1. The summed E-state index contributed by atoms with van der Waals surface area (Å²) in [5.41, 5.74) is 3.58. The van der Waals surface area contributed by atoms with E-state index in [1.165, 1.54) is 22.5 Å². The highest BCUT2D eigenvalue weighted by Crippen LogP contribution is 2.26. The molecular weight excluding hydrogens is 370 g/mol. The molecule has 0 saturated heterocycles. The van der Waals surface area contributed by atoms with E-state index >= 15 is 0 Å². The summed E-state index contributed by atoms with van der Waals surface area (Å²) < 4.78 is 0. The minimum atomic E-state index is -0.334. The lowest BCUT2D eigenvalue weighted by molar-refractivity contribution is -0.380. The van der Waals surface area contributed by atoms with Gasteiger partial charge in [0.2, 0.25) is 0 Å². The second-order valence-corrected chi connectivity index (χ2v) is 7.14. The van der Waals surface area contributed by atoms with Gasteiger partial charge in [0.05, 0.1) is 4.92 Å². The molecule has 5 nitrogen and oxygen atoms in total. The average Bonchev–Trinajstić information content (AvgIpc) is 3.07. The SMILES string of the molecule is Cc1ccc(CN(Cc2cccnc2)Cc2ccc([N+](=O)[O-])s2)cc1.Cl. The Labute approximate surface area is 162 Å². The summed E-state index contributed by atoms with van der Waals surface area (Å²) in [7, 11) is 0. The van der Waals surface area contributed by atoms with Crippen LogP contribution in [0.2, 0.25) is 0 Å². The number of thiophene rings is 1. The van der Waals surface area contributed by atoms with E-state index in [1.54, 1.807) is 12.3 Å². The molecule has 3 rings (SSSR count). The lowest BCUT2D eigenvalue weighted by Crippen LogP contribution is -2.22. The van der Waals surface area contributed by atoms with E-state index in [-0.39, 0.29) is 22.3 Å². The van der Waals surface area contributed by atoms with Gasteiger partial charge >= 0.3 is 5.00 Å². The van der Waals surface area contributed by atoms with Crippen molar-refractivity contribution in [3.63, 3.8) is 0 Å². The van der Waals surface area contributed by atoms with Gasteiger partial charge in [-0.2, -0.15) is 0 Å². The first kappa shape index (κ1) is 20.0. The van der Waals surface area contributed by atoms with Gasteiger partial charge in [0.1, 0.15) is 0 Å². The zero-order valence-corrected chi connectivity index (χ0v) is 16.0. The zero-order chi connectivity index (χ0) is 17.6. The fraction of sp³-hybridized carbons (Fsp3) is 0.211. The maximum atomic E-state index is 10.9. The van der Waals surface area contributed by atoms with Gasteiger partial charge in [-0.3, -0.25) is 20.0 Å². The number of nitro groups is 1. The van der Waals surface area contributed by atoms with Gasteiger partial charge in [-0.25, -0.2) is 0 Å². The molecular formula is C19H20ClN3O2S. The van der Waals surface area contributed by atoms with Crippen LogP contribution in [-0.2, 0) is 19.6 Å². The summed E-state index contributed by atoms with van der Waals surface area (Å²) in [5.74, 6) is 0. The topological polar surface area (TPSA) is 59.3 Å². The molecule has 0 aliphatic heterocycles. The Morgan fingerprint density at radius 1 is 1.04 bits per heavy atom. The predicted molar refractivity (Wildman–Crippen MR) is 107 cm³/mol. The quantitative estimate of drug-likeness (QED) is 0.422. The Kier molecular flexibility index (Phi) is 7.26. The maximum absolute atomic E-state index is 10.9. The van der Waals surface area contributed by atoms with E-state index in [1.807, 2.05) is 24.4 Å². The van der Waals surface area contributed by atoms with Gasteiger partial charge < -0.3 is 0 Å². The Morgan fingerprint density at radius 2 is 1.77 bits per heavy atom. The molecule has 3 aromatic rings. The van der Waals surface area contributed by atoms with Crippen molar-refractivity contribution in [3.05, 3.63) is 92.6 Å². The first-order valence-electron chi connectivity index (χ1n) is 8.00. The highest BCUT2D eigenvalue weighted by Gasteiger charge is 2.14. The fourth-order valence-corrected chi connectivity index (χ4v) is 3.50. The van der Waals surface area contributed by atoms with Crippen molar-refractivity contribution in [2.24, 2.45) is 0 Å². The molecule has 0 bridgehead atoms. The van der Waals surface area contributed by atoms with Gasteiger partial charge in [0, 0.05) is 43.0 Å². The molecule has 0 saturated carbocycles. The molecule has 136 valence electrons. The number of aromatic nitrogens is 1. The average molecular weight is 390 g/mol. The molecule has 0 spiro atoms. The minimum absolute atomic E-state index is 0. The number of pyridine rings is 1. The third kappa shape index (κ3) is 5.62. The van der Waals surface area contributed by atoms with Crippen LogP contribution in [0, 0.1) is 17.0 Å². The van der Waals surface area contributed by atoms with Crippen molar-refractivity contribution < 1.29 is 4.92 Å². The van der Waals surface area contributed by atoms with Crippen LogP contribution in [0.25, 0.3) is 0 Å². The van der Waals surface area contributed by atoms with Gasteiger partial charge in [0.15, 0.2) is 0 Å². The van der Waals surface area contributed by atoms with Crippen LogP contribution in [0.15, 0.2) is 60.9 Å². The van der Waals surface area contributed by atoms with Crippen molar-refractivity contribution in [1.82, 2.24) is 9.88 Å². The van der Waals surface area contributed by atoms with E-state index < -0.39 is 0 Å². The molecule has 2 aromatic heterocycles. The van der Waals surface area contributed by atoms with E-state index in [0.717, 1.165) is 23.5 Å². The second-order valence-electron chi connectivity index (χ2n) is 5.99. The number of benzene rings is 1. The Balaban J connectivity index is 0.00000243. The Bertz CT molecular complexity index is 838. The van der Waals surface area contributed by atoms with Gasteiger partial charge in [-0.1, -0.05) is 47.2 Å². The summed E-state index contributed by atoms with van der Waals surface area (Å²) in [4.78, 5) is 18.0. The van der Waals surface area contributed by atoms with E-state index in [4.69, 9.17) is 0 Å². The van der Waals surface area contributed by atoms with Gasteiger partial charge in [-0.05, 0) is 30.2 Å². The van der Waals surface area contributed by atoms with Crippen LogP contribution in [-0.4, -0.2) is 14.8 Å². The highest BCUT2D eigenvalue weighted by molar-refractivity contribution is 7.15. The third-order valence-corrected chi connectivity index (χ3v) is 4.88. The van der Waals surface area contributed by atoms with E-state index in [2.05, 4.69) is 41.1 Å². The molecule has 2 heterocycles. The normalized spacial score (nSPS) is 10.5. The zero-order valence-electron chi connectivity index (χ0n) is 14.4. The summed E-state index contributed by atoms with van der Waals surface area (Å²) in [6.45, 7) is 4.26. The largest absolute Gasteiger partial charge is 0.324 e. The molecule has 0 N–H and O–H groups in total. The maximum Gasteiger partial charge on any atom is 0.324 e. The van der Waals surface area contributed by atoms with Crippen LogP contribution in [0.5, 0.6) is 0 Å². The Hall–Kier alpha value is -2.28. The number of nitrogens with zero attached hydrogens (tertiary/aromatic N) is 3. The monoisotopic (exact) mass is 389 g/mol. The standard InChI is InChI=1S/C19H19N3O2S.ClH/c1-15-4-6-16(7-5-15)12-21(13-17-3-2-10-20-11-17)14-18-8-9-19(25-18)22(23)24;/h2-11H,12-14H2,1H3;1H. The lowest BCUT2D eigenvalue weighted by atomic mass is 10.1. The first-order chi connectivity index (χ1) is 12.1. The van der Waals surface area contributed by atoms with Crippen LogP contribution in [0.4, 0.5) is 5.00 Å². The molecule has 7 heteroatoms. The molecule has 0 aliphatic rings. The lowest BCUT2D eigenvalue weighted by Gasteiger charge is -2.22. The van der Waals surface area contributed by atoms with Crippen molar-refractivity contribution in [2.45, 2.75) is 26.6 Å². The fourth-order valence-electron chi connectivity index (χ4n) is 2.64. The first-order valence-corrected chi connectivity index (χ1v) is 8.82. The van der Waals surface area contributed by atoms with Crippen molar-refractivity contribution in [2.75, 3.05) is 0 Å². The van der Waals surface area contributed by atoms with Crippen LogP contribution in [0.1, 0.15) is 21.6 Å². The summed E-state index contributed by atoms with van der Waals surface area (Å²) in [6.07, 6.45) is 3.62. The molecule has 26 heavy (non-hydrogen) atoms. The van der Waals surface area contributed by atoms with E-state index in [0.29, 0.717) is 6.54 Å². The second kappa shape index (κ2) is 9.43. The minimum Gasteiger partial charge on any atom is -0.290 e. The molecule has 0 fully saturated rings. The molecule has 0 atom stereocenters. The highest BCUT2D eigenvalue weighted by atomic mass is 35.5. The summed E-state index contributed by atoms with van der Waals surface area (Å²) in [5, 5.41) is 11.1. The van der Waals surface area contributed by atoms with Crippen molar-refractivity contribution in [3.8, 4) is 0 Å². The molecule has 0 aliphatic carbocycles. The molecule has 1 aromatic carbocycles. The summed E-state index contributed by atoms with van der Waals surface area (Å²) >= 11 is 1.24. The third-order valence-electron chi connectivity index (χ3n) is 3.86. The number of rotatable bonds is 7. The van der Waals surface area contributed by atoms with Crippen LogP contribution < -0.4 is 0 Å². The van der Waals surface area contributed by atoms with Crippen LogP contribution >= 0.6 is 23.7 Å². The van der Waals surface area contributed by atoms with Gasteiger partial charge in [0.25, 0.3) is 0 Å². The number of halogens is 1. The Morgan fingerprint density at radius 3 is 2.38 bits per heavy atom. The van der Waals surface area contributed by atoms with Gasteiger partial charge in [-0.15, -0.1) is 12.4 Å². The molecule has 0 radical (unpaired) electrons. The van der Waals surface area contributed by atoms with Crippen molar-refractivity contribution >= 4 is 28.7 Å².